The lowest BCUT2D eigenvalue weighted by molar-refractivity contribution is 0.481. The summed E-state index contributed by atoms with van der Waals surface area (Å²) < 4.78 is 33.0. The zero-order valence-electron chi connectivity index (χ0n) is 14.5. The fraction of sp³-hybridized carbons (Fsp3) is 0.368. The summed E-state index contributed by atoms with van der Waals surface area (Å²) in [4.78, 5) is 0. The molecule has 0 spiro atoms. The van der Waals surface area contributed by atoms with E-state index in [1.54, 1.807) is 13.8 Å². The second-order valence-corrected chi connectivity index (χ2v) is 8.89. The van der Waals surface area contributed by atoms with Gasteiger partial charge in [0.1, 0.15) is 11.5 Å². The van der Waals surface area contributed by atoms with Gasteiger partial charge in [-0.1, -0.05) is 18.2 Å². The molecule has 0 heterocycles. The first-order chi connectivity index (χ1) is 11.9. The van der Waals surface area contributed by atoms with Crippen molar-refractivity contribution in [2.45, 2.75) is 44.5 Å². The van der Waals surface area contributed by atoms with Crippen molar-refractivity contribution in [2.24, 2.45) is 5.73 Å². The minimum absolute atomic E-state index is 0.156. The van der Waals surface area contributed by atoms with E-state index in [2.05, 4.69) is 4.72 Å². The molecule has 1 atom stereocenters. The minimum atomic E-state index is -3.28. The molecule has 134 valence electrons. The van der Waals surface area contributed by atoms with E-state index in [1.165, 1.54) is 0 Å². The van der Waals surface area contributed by atoms with Crippen molar-refractivity contribution in [3.8, 4) is 11.5 Å². The molecule has 5 nitrogen and oxygen atoms in total. The number of fused-ring (bicyclic) bond motifs is 1. The summed E-state index contributed by atoms with van der Waals surface area (Å²) >= 11 is 0. The quantitative estimate of drug-likeness (QED) is 0.828. The molecule has 0 saturated carbocycles. The number of rotatable bonds is 6. The molecule has 0 aromatic heterocycles. The monoisotopic (exact) mass is 360 g/mol. The summed E-state index contributed by atoms with van der Waals surface area (Å²) in [6, 6.07) is 13.4. The van der Waals surface area contributed by atoms with E-state index in [9.17, 15) is 8.42 Å². The van der Waals surface area contributed by atoms with Crippen molar-refractivity contribution in [1.29, 1.82) is 0 Å². The smallest absolute Gasteiger partial charge is 0.214 e. The van der Waals surface area contributed by atoms with Crippen LogP contribution in [0.3, 0.4) is 0 Å². The normalized spacial score (nSPS) is 16.9. The molecule has 0 bridgehead atoms. The van der Waals surface area contributed by atoms with Crippen LogP contribution in [0.15, 0.2) is 42.5 Å². The molecule has 1 aliphatic carbocycles. The molecule has 0 radical (unpaired) electrons. The lowest BCUT2D eigenvalue weighted by Crippen LogP contribution is -2.33. The first-order valence-corrected chi connectivity index (χ1v) is 10.0. The van der Waals surface area contributed by atoms with Gasteiger partial charge >= 0.3 is 0 Å². The Morgan fingerprint density at radius 1 is 1.20 bits per heavy atom. The van der Waals surface area contributed by atoms with Gasteiger partial charge in [-0.3, -0.25) is 0 Å². The maximum atomic E-state index is 12.1. The first-order valence-electron chi connectivity index (χ1n) is 8.50. The Morgan fingerprint density at radius 3 is 2.68 bits per heavy atom. The fourth-order valence-corrected chi connectivity index (χ4v) is 3.90. The Hall–Kier alpha value is -1.89. The van der Waals surface area contributed by atoms with Crippen LogP contribution >= 0.6 is 0 Å². The highest BCUT2D eigenvalue weighted by Crippen LogP contribution is 2.35. The van der Waals surface area contributed by atoms with Crippen LogP contribution in [0.4, 0.5) is 0 Å². The molecule has 0 fully saturated rings. The Bertz CT molecular complexity index is 863. The fourth-order valence-electron chi connectivity index (χ4n) is 2.99. The highest BCUT2D eigenvalue weighted by molar-refractivity contribution is 7.90. The van der Waals surface area contributed by atoms with Crippen LogP contribution in [0.5, 0.6) is 11.5 Å². The van der Waals surface area contributed by atoms with Gasteiger partial charge in [0.05, 0.1) is 5.25 Å². The van der Waals surface area contributed by atoms with E-state index < -0.39 is 15.3 Å². The molecule has 0 amide bonds. The third-order valence-electron chi connectivity index (χ3n) is 4.49. The second-order valence-electron chi connectivity index (χ2n) is 6.62. The second kappa shape index (κ2) is 7.15. The first kappa shape index (κ1) is 17.9. The summed E-state index contributed by atoms with van der Waals surface area (Å²) in [5, 5.41) is -0.436. The predicted octanol–water partition coefficient (Wildman–Crippen LogP) is 3.25. The van der Waals surface area contributed by atoms with Crippen LogP contribution in [0.1, 0.15) is 43.0 Å². The number of aryl methyl sites for hydroxylation is 1. The van der Waals surface area contributed by atoms with Crippen LogP contribution in [0.2, 0.25) is 0 Å². The third-order valence-corrected chi connectivity index (χ3v) is 6.34. The summed E-state index contributed by atoms with van der Waals surface area (Å²) in [5.74, 6) is 1.50. The summed E-state index contributed by atoms with van der Waals surface area (Å²) in [7, 11) is -3.28. The Labute approximate surface area is 149 Å². The lowest BCUT2D eigenvalue weighted by Gasteiger charge is -2.17. The molecular weight excluding hydrogens is 336 g/mol. The highest BCUT2D eigenvalue weighted by Gasteiger charge is 2.28. The van der Waals surface area contributed by atoms with Gasteiger partial charge in [0, 0.05) is 12.6 Å². The number of sulfonamides is 1. The Morgan fingerprint density at radius 2 is 1.96 bits per heavy atom. The number of nitrogens with one attached hydrogen (secondary N) is 1. The van der Waals surface area contributed by atoms with E-state index in [4.69, 9.17) is 10.5 Å². The zero-order valence-corrected chi connectivity index (χ0v) is 15.3. The Kier molecular flexibility index (Phi) is 5.13. The van der Waals surface area contributed by atoms with Crippen LogP contribution < -0.4 is 15.2 Å². The van der Waals surface area contributed by atoms with Crippen molar-refractivity contribution in [1.82, 2.24) is 4.72 Å². The number of ether oxygens (including phenoxy) is 1. The molecule has 0 aliphatic heterocycles. The SMILES string of the molecule is CC(C)S(=O)(=O)NC1CCc2cc(Oc3cccc(CN)c3)ccc21. The largest absolute Gasteiger partial charge is 0.457 e. The Balaban J connectivity index is 1.77. The van der Waals surface area contributed by atoms with E-state index in [1.807, 2.05) is 42.5 Å². The molecule has 25 heavy (non-hydrogen) atoms. The molecule has 2 aromatic rings. The van der Waals surface area contributed by atoms with Gasteiger partial charge < -0.3 is 10.5 Å². The van der Waals surface area contributed by atoms with Crippen LogP contribution in [-0.2, 0) is 23.0 Å². The molecule has 1 aliphatic rings. The van der Waals surface area contributed by atoms with Gasteiger partial charge in [-0.25, -0.2) is 13.1 Å². The molecule has 2 aromatic carbocycles. The van der Waals surface area contributed by atoms with Crippen LogP contribution in [0.25, 0.3) is 0 Å². The van der Waals surface area contributed by atoms with Crippen LogP contribution in [0, 0.1) is 0 Å². The van der Waals surface area contributed by atoms with E-state index >= 15 is 0 Å². The molecule has 1 unspecified atom stereocenters. The van der Waals surface area contributed by atoms with Crippen LogP contribution in [-0.4, -0.2) is 13.7 Å². The number of hydrogen-bond donors (Lipinski definition) is 2. The highest BCUT2D eigenvalue weighted by atomic mass is 32.2. The van der Waals surface area contributed by atoms with Gasteiger partial charge in [0.15, 0.2) is 0 Å². The average Bonchev–Trinajstić information content (AvgIpc) is 2.96. The minimum Gasteiger partial charge on any atom is -0.457 e. The summed E-state index contributed by atoms with van der Waals surface area (Å²) in [6.07, 6.45) is 1.61. The summed E-state index contributed by atoms with van der Waals surface area (Å²) in [5.41, 5.74) is 8.84. The molecule has 3 N–H and O–H groups in total. The van der Waals surface area contributed by atoms with Gasteiger partial charge in [-0.15, -0.1) is 0 Å². The van der Waals surface area contributed by atoms with Gasteiger partial charge in [0.25, 0.3) is 0 Å². The third kappa shape index (κ3) is 4.03. The number of nitrogens with two attached hydrogens (primary N) is 1. The number of benzene rings is 2. The van der Waals surface area contributed by atoms with E-state index in [0.29, 0.717) is 6.54 Å². The lowest BCUT2D eigenvalue weighted by atomic mass is 10.1. The van der Waals surface area contributed by atoms with Crippen molar-refractivity contribution in [2.75, 3.05) is 0 Å². The van der Waals surface area contributed by atoms with Crippen molar-refractivity contribution in [3.05, 3.63) is 59.2 Å². The maximum absolute atomic E-state index is 12.1. The van der Waals surface area contributed by atoms with Crippen molar-refractivity contribution in [3.63, 3.8) is 0 Å². The van der Waals surface area contributed by atoms with Gasteiger partial charge in [0.2, 0.25) is 10.0 Å². The number of hydrogen-bond acceptors (Lipinski definition) is 4. The van der Waals surface area contributed by atoms with Crippen molar-refractivity contribution < 1.29 is 13.2 Å². The molecule has 3 rings (SSSR count). The van der Waals surface area contributed by atoms with E-state index in [0.717, 1.165) is 41.0 Å². The van der Waals surface area contributed by atoms with Gasteiger partial charge in [-0.05, 0) is 67.6 Å². The van der Waals surface area contributed by atoms with Crippen molar-refractivity contribution >= 4 is 10.0 Å². The molecule has 0 saturated heterocycles. The maximum Gasteiger partial charge on any atom is 0.214 e. The van der Waals surface area contributed by atoms with Gasteiger partial charge in [-0.2, -0.15) is 0 Å². The zero-order chi connectivity index (χ0) is 18.0. The topological polar surface area (TPSA) is 81.4 Å². The van der Waals surface area contributed by atoms with E-state index in [-0.39, 0.29) is 6.04 Å². The summed E-state index contributed by atoms with van der Waals surface area (Å²) in [6.45, 7) is 3.84. The molecule has 6 heteroatoms. The standard InChI is InChI=1S/C19H24N2O3S/c1-13(2)25(22,23)21-19-9-6-15-11-17(7-8-18(15)19)24-16-5-3-4-14(10-16)12-20/h3-5,7-8,10-11,13,19,21H,6,9,12,20H2,1-2H3. The molecular formula is C19H24N2O3S. The average molecular weight is 360 g/mol. The predicted molar refractivity (Wildman–Crippen MR) is 99.1 cm³/mol.